The van der Waals surface area contributed by atoms with Gasteiger partial charge in [0, 0.05) is 6.54 Å². The molecule has 0 aliphatic heterocycles. The number of aliphatic hydroxyl groups is 1. The van der Waals surface area contributed by atoms with Crippen LogP contribution in [0.1, 0.15) is 19.4 Å². The van der Waals surface area contributed by atoms with E-state index in [4.69, 9.17) is 26.2 Å². The molecular formula is C14H20ClNO4. The van der Waals surface area contributed by atoms with Crippen molar-refractivity contribution in [2.24, 2.45) is 5.92 Å². The van der Waals surface area contributed by atoms with Gasteiger partial charge in [-0.1, -0.05) is 25.4 Å². The minimum atomic E-state index is -0.219. The summed E-state index contributed by atoms with van der Waals surface area (Å²) in [6.07, 6.45) is 0. The molecule has 0 heterocycles. The standard InChI is InChI=1S/C14H20ClNO4/c1-9(2)6-16-13(18)8-20-14-11(15)4-10(7-17)5-12(14)19-3/h4-5,9,17H,6-8H2,1-3H3,(H,16,18). The Morgan fingerprint density at radius 1 is 1.45 bits per heavy atom. The van der Waals surface area contributed by atoms with Crippen molar-refractivity contribution in [2.45, 2.75) is 20.5 Å². The predicted molar refractivity (Wildman–Crippen MR) is 77.3 cm³/mol. The summed E-state index contributed by atoms with van der Waals surface area (Å²) in [7, 11) is 1.47. The number of benzene rings is 1. The van der Waals surface area contributed by atoms with Gasteiger partial charge in [-0.15, -0.1) is 0 Å². The van der Waals surface area contributed by atoms with E-state index in [1.165, 1.54) is 7.11 Å². The van der Waals surface area contributed by atoms with E-state index in [9.17, 15) is 4.79 Å². The van der Waals surface area contributed by atoms with Crippen LogP contribution in [0.15, 0.2) is 12.1 Å². The molecule has 0 saturated heterocycles. The summed E-state index contributed by atoms with van der Waals surface area (Å²) in [5.74, 6) is 0.841. The van der Waals surface area contributed by atoms with Gasteiger partial charge in [0.1, 0.15) is 0 Å². The van der Waals surface area contributed by atoms with E-state index in [1.807, 2.05) is 13.8 Å². The van der Waals surface area contributed by atoms with Crippen LogP contribution in [0.3, 0.4) is 0 Å². The van der Waals surface area contributed by atoms with Crippen molar-refractivity contribution in [3.63, 3.8) is 0 Å². The van der Waals surface area contributed by atoms with Gasteiger partial charge in [-0.2, -0.15) is 0 Å². The molecule has 0 radical (unpaired) electrons. The van der Waals surface area contributed by atoms with Gasteiger partial charge < -0.3 is 19.9 Å². The first kappa shape index (κ1) is 16.6. The second kappa shape index (κ2) is 7.97. The van der Waals surface area contributed by atoms with Crippen molar-refractivity contribution in [2.75, 3.05) is 20.3 Å². The highest BCUT2D eigenvalue weighted by Gasteiger charge is 2.13. The minimum Gasteiger partial charge on any atom is -0.493 e. The Kier molecular flexibility index (Phi) is 6.61. The van der Waals surface area contributed by atoms with Crippen LogP contribution in [0.5, 0.6) is 11.5 Å². The molecule has 1 aromatic carbocycles. The molecule has 0 atom stereocenters. The van der Waals surface area contributed by atoms with E-state index in [0.717, 1.165) is 0 Å². The summed E-state index contributed by atoms with van der Waals surface area (Å²) < 4.78 is 10.5. The van der Waals surface area contributed by atoms with E-state index >= 15 is 0 Å². The number of rotatable bonds is 7. The van der Waals surface area contributed by atoms with Crippen LogP contribution in [0.2, 0.25) is 5.02 Å². The lowest BCUT2D eigenvalue weighted by molar-refractivity contribution is -0.123. The van der Waals surface area contributed by atoms with Crippen molar-refractivity contribution in [3.05, 3.63) is 22.7 Å². The number of hydrogen-bond acceptors (Lipinski definition) is 4. The number of halogens is 1. The molecule has 5 nitrogen and oxygen atoms in total. The van der Waals surface area contributed by atoms with Crippen LogP contribution in [-0.2, 0) is 11.4 Å². The Hall–Kier alpha value is -1.46. The van der Waals surface area contributed by atoms with Crippen LogP contribution in [0, 0.1) is 5.92 Å². The maximum atomic E-state index is 11.6. The highest BCUT2D eigenvalue weighted by atomic mass is 35.5. The van der Waals surface area contributed by atoms with Crippen molar-refractivity contribution in [1.82, 2.24) is 5.32 Å². The minimum absolute atomic E-state index is 0.138. The third kappa shape index (κ3) is 4.90. The molecule has 20 heavy (non-hydrogen) atoms. The number of ether oxygens (including phenoxy) is 2. The van der Waals surface area contributed by atoms with E-state index in [0.29, 0.717) is 34.5 Å². The second-order valence-corrected chi connectivity index (χ2v) is 5.16. The summed E-state index contributed by atoms with van der Waals surface area (Å²) in [4.78, 5) is 11.6. The van der Waals surface area contributed by atoms with Gasteiger partial charge in [0.15, 0.2) is 18.1 Å². The lowest BCUT2D eigenvalue weighted by atomic mass is 10.2. The van der Waals surface area contributed by atoms with Crippen LogP contribution in [0.25, 0.3) is 0 Å². The quantitative estimate of drug-likeness (QED) is 0.808. The van der Waals surface area contributed by atoms with Gasteiger partial charge in [0.05, 0.1) is 18.7 Å². The molecule has 1 aromatic rings. The molecule has 1 amide bonds. The molecule has 6 heteroatoms. The monoisotopic (exact) mass is 301 g/mol. The van der Waals surface area contributed by atoms with Crippen LogP contribution in [-0.4, -0.2) is 31.3 Å². The van der Waals surface area contributed by atoms with Gasteiger partial charge in [-0.25, -0.2) is 0 Å². The van der Waals surface area contributed by atoms with Crippen LogP contribution >= 0.6 is 11.6 Å². The first-order valence-corrected chi connectivity index (χ1v) is 6.72. The fourth-order valence-electron chi connectivity index (χ4n) is 1.51. The maximum absolute atomic E-state index is 11.6. The van der Waals surface area contributed by atoms with Gasteiger partial charge in [-0.3, -0.25) is 4.79 Å². The molecule has 0 fully saturated rings. The molecule has 1 rings (SSSR count). The topological polar surface area (TPSA) is 67.8 Å². The number of methoxy groups -OCH3 is 1. The normalized spacial score (nSPS) is 10.5. The first-order chi connectivity index (χ1) is 9.47. The molecule has 0 unspecified atom stereocenters. The Labute approximate surface area is 123 Å². The lowest BCUT2D eigenvalue weighted by Gasteiger charge is -2.14. The summed E-state index contributed by atoms with van der Waals surface area (Å²) in [5, 5.41) is 12.1. The average Bonchev–Trinajstić information content (AvgIpc) is 2.42. The van der Waals surface area contributed by atoms with Crippen molar-refractivity contribution in [1.29, 1.82) is 0 Å². The highest BCUT2D eigenvalue weighted by molar-refractivity contribution is 6.32. The van der Waals surface area contributed by atoms with Gasteiger partial charge in [-0.05, 0) is 23.6 Å². The zero-order valence-corrected chi connectivity index (χ0v) is 12.7. The lowest BCUT2D eigenvalue weighted by Crippen LogP contribution is -2.31. The predicted octanol–water partition coefficient (Wildman–Crippen LogP) is 1.99. The fourth-order valence-corrected chi connectivity index (χ4v) is 1.80. The molecule has 0 aromatic heterocycles. The Morgan fingerprint density at radius 3 is 2.70 bits per heavy atom. The van der Waals surface area contributed by atoms with Crippen molar-refractivity contribution in [3.8, 4) is 11.5 Å². The first-order valence-electron chi connectivity index (χ1n) is 6.34. The van der Waals surface area contributed by atoms with E-state index in [-0.39, 0.29) is 19.1 Å². The number of hydrogen-bond donors (Lipinski definition) is 2. The molecule has 0 spiro atoms. The smallest absolute Gasteiger partial charge is 0.257 e. The third-order valence-corrected chi connectivity index (χ3v) is 2.81. The number of carbonyl (C=O) groups is 1. The SMILES string of the molecule is COc1cc(CO)cc(Cl)c1OCC(=O)NCC(C)C. The van der Waals surface area contributed by atoms with Crippen molar-refractivity contribution >= 4 is 17.5 Å². The molecule has 0 aliphatic rings. The second-order valence-electron chi connectivity index (χ2n) is 4.75. The van der Waals surface area contributed by atoms with Gasteiger partial charge in [0.25, 0.3) is 5.91 Å². The van der Waals surface area contributed by atoms with Gasteiger partial charge >= 0.3 is 0 Å². The summed E-state index contributed by atoms with van der Waals surface area (Å²) in [6, 6.07) is 3.19. The average molecular weight is 302 g/mol. The molecule has 0 aliphatic carbocycles. The number of aliphatic hydroxyl groups excluding tert-OH is 1. The zero-order valence-electron chi connectivity index (χ0n) is 11.9. The maximum Gasteiger partial charge on any atom is 0.257 e. The third-order valence-electron chi connectivity index (χ3n) is 2.53. The summed E-state index contributed by atoms with van der Waals surface area (Å²) in [6.45, 7) is 4.33. The van der Waals surface area contributed by atoms with Gasteiger partial charge in [0.2, 0.25) is 0 Å². The highest BCUT2D eigenvalue weighted by Crippen LogP contribution is 2.36. The number of carbonyl (C=O) groups excluding carboxylic acids is 1. The number of amides is 1. The van der Waals surface area contributed by atoms with Crippen molar-refractivity contribution < 1.29 is 19.4 Å². The Morgan fingerprint density at radius 2 is 2.15 bits per heavy atom. The summed E-state index contributed by atoms with van der Waals surface area (Å²) in [5.41, 5.74) is 0.614. The Balaban J connectivity index is 2.70. The van der Waals surface area contributed by atoms with E-state index in [1.54, 1.807) is 12.1 Å². The Bertz CT molecular complexity index is 463. The van der Waals surface area contributed by atoms with Crippen LogP contribution < -0.4 is 14.8 Å². The largest absolute Gasteiger partial charge is 0.493 e. The van der Waals surface area contributed by atoms with E-state index < -0.39 is 0 Å². The molecule has 2 N–H and O–H groups in total. The molecular weight excluding hydrogens is 282 g/mol. The summed E-state index contributed by atoms with van der Waals surface area (Å²) >= 11 is 6.06. The van der Waals surface area contributed by atoms with Crippen LogP contribution in [0.4, 0.5) is 0 Å². The number of nitrogens with one attached hydrogen (secondary N) is 1. The zero-order chi connectivity index (χ0) is 15.1. The molecule has 0 saturated carbocycles. The van der Waals surface area contributed by atoms with E-state index in [2.05, 4.69) is 5.32 Å². The molecule has 112 valence electrons. The fraction of sp³-hybridized carbons (Fsp3) is 0.500. The molecule has 0 bridgehead atoms.